The number of halogens is 2. The van der Waals surface area contributed by atoms with E-state index in [0.29, 0.717) is 0 Å². The number of hydrogen-bond acceptors (Lipinski definition) is 3. The van der Waals surface area contributed by atoms with E-state index in [1.165, 1.54) is 6.07 Å². The maximum atomic E-state index is 13.2. The summed E-state index contributed by atoms with van der Waals surface area (Å²) in [7, 11) is -3.39. The Kier molecular flexibility index (Phi) is 3.29. The summed E-state index contributed by atoms with van der Waals surface area (Å²) < 4.78 is 48.6. The van der Waals surface area contributed by atoms with E-state index in [1.54, 1.807) is 0 Å². The molecule has 0 saturated heterocycles. The molecule has 16 heavy (non-hydrogen) atoms. The lowest BCUT2D eigenvalue weighted by atomic mass is 10.1. The second kappa shape index (κ2) is 4.18. The van der Waals surface area contributed by atoms with Gasteiger partial charge in [0.25, 0.3) is 5.92 Å². The van der Waals surface area contributed by atoms with Gasteiger partial charge in [0.1, 0.15) is 6.42 Å². The van der Waals surface area contributed by atoms with Crippen molar-refractivity contribution >= 4 is 9.84 Å². The van der Waals surface area contributed by atoms with E-state index >= 15 is 0 Å². The molecule has 0 radical (unpaired) electrons. The molecule has 0 unspecified atom stereocenters. The lowest BCUT2D eigenvalue weighted by Gasteiger charge is -2.12. The summed E-state index contributed by atoms with van der Waals surface area (Å²) in [5, 5.41) is 8.22. The maximum Gasteiger partial charge on any atom is 0.286 e. The van der Waals surface area contributed by atoms with Crippen LogP contribution in [0.5, 0.6) is 0 Å². The normalized spacial score (nSPS) is 12.1. The van der Waals surface area contributed by atoms with Gasteiger partial charge >= 0.3 is 0 Å². The van der Waals surface area contributed by atoms with Crippen LogP contribution in [0.3, 0.4) is 0 Å². The molecule has 0 heterocycles. The number of benzene rings is 1. The van der Waals surface area contributed by atoms with Crippen molar-refractivity contribution in [1.82, 2.24) is 0 Å². The average molecular weight is 245 g/mol. The van der Waals surface area contributed by atoms with E-state index in [9.17, 15) is 17.2 Å². The topological polar surface area (TPSA) is 57.9 Å². The summed E-state index contributed by atoms with van der Waals surface area (Å²) in [6, 6.07) is 5.64. The number of nitriles is 1. The molecule has 0 spiro atoms. The molecule has 0 amide bonds. The molecule has 1 aromatic carbocycles. The van der Waals surface area contributed by atoms with Crippen LogP contribution in [0.25, 0.3) is 0 Å². The number of alkyl halides is 2. The molecule has 0 bridgehead atoms. The summed E-state index contributed by atoms with van der Waals surface area (Å²) in [6.07, 6.45) is 0.0701. The molecule has 3 nitrogen and oxygen atoms in total. The Hall–Kier alpha value is -1.48. The average Bonchev–Trinajstić information content (AvgIpc) is 2.16. The fourth-order valence-electron chi connectivity index (χ4n) is 1.15. The van der Waals surface area contributed by atoms with Gasteiger partial charge in [0.15, 0.2) is 9.84 Å². The summed E-state index contributed by atoms with van der Waals surface area (Å²) in [4.78, 5) is -0.0241. The minimum atomic E-state index is -3.39. The molecule has 86 valence electrons. The van der Waals surface area contributed by atoms with Crippen LogP contribution < -0.4 is 0 Å². The first kappa shape index (κ1) is 12.6. The van der Waals surface area contributed by atoms with Crippen molar-refractivity contribution < 1.29 is 17.2 Å². The van der Waals surface area contributed by atoms with Gasteiger partial charge in [0.05, 0.1) is 11.0 Å². The third-order valence-corrected chi connectivity index (χ3v) is 3.13. The second-order valence-corrected chi connectivity index (χ2v) is 5.35. The number of nitrogens with zero attached hydrogens (tertiary/aromatic N) is 1. The highest BCUT2D eigenvalue weighted by Crippen LogP contribution is 2.31. The predicted octanol–water partition coefficient (Wildman–Crippen LogP) is 2.10. The van der Waals surface area contributed by atoms with Crippen molar-refractivity contribution in [3.8, 4) is 6.07 Å². The molecule has 1 aromatic rings. The SMILES string of the molecule is CS(=O)(=O)c1ccc(C(F)(F)CC#N)cc1. The first-order chi connectivity index (χ1) is 7.27. The molecule has 6 heteroatoms. The van der Waals surface area contributed by atoms with Gasteiger partial charge in [0.2, 0.25) is 0 Å². The van der Waals surface area contributed by atoms with Crippen molar-refractivity contribution in [3.63, 3.8) is 0 Å². The number of rotatable bonds is 3. The van der Waals surface area contributed by atoms with E-state index in [-0.39, 0.29) is 10.5 Å². The lowest BCUT2D eigenvalue weighted by Crippen LogP contribution is -2.12. The zero-order chi connectivity index (χ0) is 12.4. The van der Waals surface area contributed by atoms with E-state index < -0.39 is 22.2 Å². The Bertz CT molecular complexity index is 515. The minimum Gasteiger partial charge on any atom is -0.224 e. The van der Waals surface area contributed by atoms with Crippen LogP contribution >= 0.6 is 0 Å². The van der Waals surface area contributed by atoms with Gasteiger partial charge in [-0.2, -0.15) is 5.26 Å². The van der Waals surface area contributed by atoms with Gasteiger partial charge in [-0.25, -0.2) is 17.2 Å². The largest absolute Gasteiger partial charge is 0.286 e. The molecule has 0 N–H and O–H groups in total. The first-order valence-corrected chi connectivity index (χ1v) is 6.22. The maximum absolute atomic E-state index is 13.2. The molecular weight excluding hydrogens is 236 g/mol. The second-order valence-electron chi connectivity index (χ2n) is 3.34. The predicted molar refractivity (Wildman–Crippen MR) is 53.7 cm³/mol. The Morgan fingerprint density at radius 1 is 1.31 bits per heavy atom. The number of hydrogen-bond donors (Lipinski definition) is 0. The fourth-order valence-corrected chi connectivity index (χ4v) is 1.78. The highest BCUT2D eigenvalue weighted by molar-refractivity contribution is 7.90. The zero-order valence-corrected chi connectivity index (χ0v) is 9.26. The molecule has 0 fully saturated rings. The van der Waals surface area contributed by atoms with Crippen LogP contribution in [0.15, 0.2) is 29.2 Å². The quantitative estimate of drug-likeness (QED) is 0.819. The van der Waals surface area contributed by atoms with E-state index in [1.807, 2.05) is 0 Å². The van der Waals surface area contributed by atoms with Crippen molar-refractivity contribution in [1.29, 1.82) is 5.26 Å². The minimum absolute atomic E-state index is 0.0241. The Morgan fingerprint density at radius 3 is 2.19 bits per heavy atom. The van der Waals surface area contributed by atoms with Crippen molar-refractivity contribution in [2.45, 2.75) is 17.2 Å². The number of sulfone groups is 1. The van der Waals surface area contributed by atoms with Crippen molar-refractivity contribution in [2.24, 2.45) is 0 Å². The Labute approximate surface area is 92.2 Å². The highest BCUT2D eigenvalue weighted by Gasteiger charge is 2.31. The van der Waals surface area contributed by atoms with Crippen LogP contribution in [0, 0.1) is 11.3 Å². The molecular formula is C10H9F2NO2S. The Morgan fingerprint density at radius 2 is 1.81 bits per heavy atom. The monoisotopic (exact) mass is 245 g/mol. The van der Waals surface area contributed by atoms with E-state index in [0.717, 1.165) is 30.5 Å². The van der Waals surface area contributed by atoms with Crippen LogP contribution in [0.2, 0.25) is 0 Å². The molecule has 0 aliphatic carbocycles. The summed E-state index contributed by atoms with van der Waals surface area (Å²) >= 11 is 0. The van der Waals surface area contributed by atoms with Gasteiger partial charge in [-0.3, -0.25) is 0 Å². The third kappa shape index (κ3) is 2.76. The summed E-state index contributed by atoms with van der Waals surface area (Å²) in [5.41, 5.74) is -0.360. The first-order valence-electron chi connectivity index (χ1n) is 4.33. The van der Waals surface area contributed by atoms with Crippen LogP contribution in [-0.4, -0.2) is 14.7 Å². The van der Waals surface area contributed by atoms with Gasteiger partial charge < -0.3 is 0 Å². The molecule has 0 atom stereocenters. The summed E-state index contributed by atoms with van der Waals surface area (Å²) in [6.45, 7) is 0. The van der Waals surface area contributed by atoms with E-state index in [4.69, 9.17) is 5.26 Å². The van der Waals surface area contributed by atoms with Crippen molar-refractivity contribution in [2.75, 3.05) is 6.26 Å². The smallest absolute Gasteiger partial charge is 0.224 e. The van der Waals surface area contributed by atoms with Crippen molar-refractivity contribution in [3.05, 3.63) is 29.8 Å². The van der Waals surface area contributed by atoms with Crippen LogP contribution in [-0.2, 0) is 15.8 Å². The molecule has 1 rings (SSSR count). The van der Waals surface area contributed by atoms with Gasteiger partial charge in [-0.1, -0.05) is 12.1 Å². The van der Waals surface area contributed by atoms with Crippen LogP contribution in [0.1, 0.15) is 12.0 Å². The van der Waals surface area contributed by atoms with E-state index in [2.05, 4.69) is 0 Å². The molecule has 0 aliphatic rings. The van der Waals surface area contributed by atoms with Gasteiger partial charge in [0, 0.05) is 11.8 Å². The third-order valence-electron chi connectivity index (χ3n) is 2.01. The lowest BCUT2D eigenvalue weighted by molar-refractivity contribution is 0.000891. The summed E-state index contributed by atoms with van der Waals surface area (Å²) in [5.74, 6) is -3.25. The Balaban J connectivity index is 3.10. The van der Waals surface area contributed by atoms with Gasteiger partial charge in [-0.05, 0) is 12.1 Å². The zero-order valence-electron chi connectivity index (χ0n) is 8.44. The van der Waals surface area contributed by atoms with Crippen LogP contribution in [0.4, 0.5) is 8.78 Å². The fraction of sp³-hybridized carbons (Fsp3) is 0.300. The molecule has 0 aromatic heterocycles. The molecule has 0 saturated carbocycles. The molecule has 0 aliphatic heterocycles. The standard InChI is InChI=1S/C10H9F2NO2S/c1-16(14,15)9-4-2-8(3-5-9)10(11,12)6-7-13/h2-5H,6H2,1H3. The highest BCUT2D eigenvalue weighted by atomic mass is 32.2. The van der Waals surface area contributed by atoms with Gasteiger partial charge in [-0.15, -0.1) is 0 Å².